The topological polar surface area (TPSA) is 65.0 Å². The van der Waals surface area contributed by atoms with Gasteiger partial charge in [0.2, 0.25) is 0 Å². The largest absolute Gasteiger partial charge is 0.462 e. The lowest BCUT2D eigenvalue weighted by atomic mass is 10.1. The van der Waals surface area contributed by atoms with Crippen molar-refractivity contribution in [2.24, 2.45) is 0 Å². The van der Waals surface area contributed by atoms with Crippen LogP contribution in [0, 0.1) is 0 Å². The molecule has 0 aliphatic heterocycles. The van der Waals surface area contributed by atoms with E-state index in [9.17, 15) is 4.79 Å². The van der Waals surface area contributed by atoms with Crippen LogP contribution < -0.4 is 0 Å². The van der Waals surface area contributed by atoms with Crippen molar-refractivity contribution in [3.63, 3.8) is 0 Å². The van der Waals surface area contributed by atoms with E-state index in [0.29, 0.717) is 35.8 Å². The summed E-state index contributed by atoms with van der Waals surface area (Å²) in [7, 11) is 0. The van der Waals surface area contributed by atoms with E-state index in [0.717, 1.165) is 6.42 Å². The van der Waals surface area contributed by atoms with Gasteiger partial charge in [-0.2, -0.15) is 0 Å². The van der Waals surface area contributed by atoms with E-state index >= 15 is 0 Å². The van der Waals surface area contributed by atoms with Gasteiger partial charge in [-0.25, -0.2) is 14.8 Å². The molecule has 0 saturated carbocycles. The third-order valence-corrected chi connectivity index (χ3v) is 2.74. The van der Waals surface area contributed by atoms with E-state index in [1.165, 1.54) is 6.20 Å². The van der Waals surface area contributed by atoms with Crippen molar-refractivity contribution in [3.8, 4) is 11.5 Å². The third kappa shape index (κ3) is 3.17. The number of aryl methyl sites for hydroxylation is 1. The molecule has 5 nitrogen and oxygen atoms in total. The van der Waals surface area contributed by atoms with Gasteiger partial charge in [0.15, 0.2) is 5.82 Å². The Balaban J connectivity index is 2.39. The lowest BCUT2D eigenvalue weighted by Gasteiger charge is -2.08. The molecule has 0 aromatic carbocycles. The minimum absolute atomic E-state index is 0.340. The second-order valence-corrected chi connectivity index (χ2v) is 4.24. The minimum atomic E-state index is -0.372. The van der Waals surface area contributed by atoms with Crippen LogP contribution in [0.3, 0.4) is 0 Å². The predicted molar refractivity (Wildman–Crippen MR) is 75.2 cm³/mol. The first-order valence-electron chi connectivity index (χ1n) is 6.70. The fourth-order valence-corrected chi connectivity index (χ4v) is 1.84. The molecule has 2 heterocycles. The van der Waals surface area contributed by atoms with Crippen LogP contribution in [0.15, 0.2) is 30.6 Å². The van der Waals surface area contributed by atoms with E-state index in [2.05, 4.69) is 15.0 Å². The number of rotatable bonds is 5. The highest BCUT2D eigenvalue weighted by molar-refractivity contribution is 5.90. The SMILES string of the molecule is CCCc1nc(-c2ccccn2)ncc1C(=O)OCC. The van der Waals surface area contributed by atoms with Gasteiger partial charge in [-0.1, -0.05) is 19.4 Å². The zero-order valence-corrected chi connectivity index (χ0v) is 11.7. The molecule has 5 heteroatoms. The maximum absolute atomic E-state index is 11.9. The average molecular weight is 271 g/mol. The van der Waals surface area contributed by atoms with Gasteiger partial charge >= 0.3 is 5.97 Å². The zero-order valence-electron chi connectivity index (χ0n) is 11.7. The summed E-state index contributed by atoms with van der Waals surface area (Å²) in [6.45, 7) is 4.16. The fraction of sp³-hybridized carbons (Fsp3) is 0.333. The molecule has 0 amide bonds. The molecular weight excluding hydrogens is 254 g/mol. The molecule has 0 saturated heterocycles. The molecule has 0 fully saturated rings. The van der Waals surface area contributed by atoms with Crippen molar-refractivity contribution in [1.29, 1.82) is 0 Å². The molecule has 2 aromatic heterocycles. The van der Waals surface area contributed by atoms with Crippen molar-refractivity contribution < 1.29 is 9.53 Å². The summed E-state index contributed by atoms with van der Waals surface area (Å²) in [5.74, 6) is 0.158. The highest BCUT2D eigenvalue weighted by Gasteiger charge is 2.16. The molecule has 0 spiro atoms. The minimum Gasteiger partial charge on any atom is -0.462 e. The van der Waals surface area contributed by atoms with Gasteiger partial charge < -0.3 is 4.74 Å². The molecule has 0 unspecified atom stereocenters. The summed E-state index contributed by atoms with van der Waals surface area (Å²) < 4.78 is 5.03. The van der Waals surface area contributed by atoms with Crippen LogP contribution in [0.5, 0.6) is 0 Å². The fourth-order valence-electron chi connectivity index (χ4n) is 1.84. The van der Waals surface area contributed by atoms with Gasteiger partial charge in [0.1, 0.15) is 5.69 Å². The Bertz CT molecular complexity index is 585. The molecule has 0 radical (unpaired) electrons. The quantitative estimate of drug-likeness (QED) is 0.782. The Kier molecular flexibility index (Phi) is 4.76. The highest BCUT2D eigenvalue weighted by Crippen LogP contribution is 2.16. The Morgan fingerprint density at radius 1 is 1.25 bits per heavy atom. The van der Waals surface area contributed by atoms with Gasteiger partial charge in [-0.3, -0.25) is 4.98 Å². The zero-order chi connectivity index (χ0) is 14.4. The Hall–Kier alpha value is -2.30. The number of hydrogen-bond acceptors (Lipinski definition) is 5. The van der Waals surface area contributed by atoms with Crippen molar-refractivity contribution in [3.05, 3.63) is 41.9 Å². The van der Waals surface area contributed by atoms with E-state index < -0.39 is 0 Å². The predicted octanol–water partition coefficient (Wildman–Crippen LogP) is 2.67. The van der Waals surface area contributed by atoms with Crippen LogP contribution in [-0.2, 0) is 11.2 Å². The third-order valence-electron chi connectivity index (χ3n) is 2.74. The Morgan fingerprint density at radius 3 is 2.75 bits per heavy atom. The first kappa shape index (κ1) is 14.1. The lowest BCUT2D eigenvalue weighted by Crippen LogP contribution is -2.11. The van der Waals surface area contributed by atoms with E-state index in [4.69, 9.17) is 4.74 Å². The number of hydrogen-bond donors (Lipinski definition) is 0. The summed E-state index contributed by atoms with van der Waals surface area (Å²) in [6.07, 6.45) is 4.82. The van der Waals surface area contributed by atoms with Crippen LogP contribution in [0.2, 0.25) is 0 Å². The number of carbonyl (C=O) groups excluding carboxylic acids is 1. The lowest BCUT2D eigenvalue weighted by molar-refractivity contribution is 0.0524. The van der Waals surface area contributed by atoms with Crippen LogP contribution >= 0.6 is 0 Å². The molecule has 0 aliphatic rings. The van der Waals surface area contributed by atoms with Gasteiger partial charge in [-0.05, 0) is 25.5 Å². The smallest absolute Gasteiger partial charge is 0.341 e. The summed E-state index contributed by atoms with van der Waals surface area (Å²) >= 11 is 0. The van der Waals surface area contributed by atoms with E-state index in [1.54, 1.807) is 13.1 Å². The summed E-state index contributed by atoms with van der Waals surface area (Å²) in [5.41, 5.74) is 1.84. The monoisotopic (exact) mass is 271 g/mol. The molecule has 0 bridgehead atoms. The second kappa shape index (κ2) is 6.75. The molecule has 0 N–H and O–H groups in total. The Labute approximate surface area is 118 Å². The normalized spacial score (nSPS) is 10.3. The standard InChI is InChI=1S/C15H17N3O2/c1-3-7-12-11(15(19)20-4-2)10-17-14(18-12)13-8-5-6-9-16-13/h5-6,8-10H,3-4,7H2,1-2H3. The first-order chi connectivity index (χ1) is 9.76. The average Bonchev–Trinajstić information content (AvgIpc) is 2.48. The van der Waals surface area contributed by atoms with Crippen molar-refractivity contribution in [2.45, 2.75) is 26.7 Å². The summed E-state index contributed by atoms with van der Waals surface area (Å²) in [6, 6.07) is 5.56. The van der Waals surface area contributed by atoms with Gasteiger partial charge in [0.05, 0.1) is 17.9 Å². The van der Waals surface area contributed by atoms with Crippen LogP contribution in [0.25, 0.3) is 11.5 Å². The second-order valence-electron chi connectivity index (χ2n) is 4.24. The van der Waals surface area contributed by atoms with Gasteiger partial charge in [0, 0.05) is 12.4 Å². The van der Waals surface area contributed by atoms with Crippen LogP contribution in [-0.4, -0.2) is 27.5 Å². The van der Waals surface area contributed by atoms with E-state index in [-0.39, 0.29) is 5.97 Å². The molecule has 104 valence electrons. The number of esters is 1. The molecule has 20 heavy (non-hydrogen) atoms. The number of ether oxygens (including phenoxy) is 1. The molecule has 2 rings (SSSR count). The van der Waals surface area contributed by atoms with Gasteiger partial charge in [-0.15, -0.1) is 0 Å². The summed E-state index contributed by atoms with van der Waals surface area (Å²) in [4.78, 5) is 24.8. The number of aromatic nitrogens is 3. The molecular formula is C15H17N3O2. The Morgan fingerprint density at radius 2 is 2.10 bits per heavy atom. The van der Waals surface area contributed by atoms with Crippen LogP contribution in [0.4, 0.5) is 0 Å². The highest BCUT2D eigenvalue weighted by atomic mass is 16.5. The number of nitrogens with zero attached hydrogens (tertiary/aromatic N) is 3. The molecule has 0 aliphatic carbocycles. The maximum Gasteiger partial charge on any atom is 0.341 e. The van der Waals surface area contributed by atoms with Crippen LogP contribution in [0.1, 0.15) is 36.3 Å². The number of carbonyl (C=O) groups is 1. The van der Waals surface area contributed by atoms with Gasteiger partial charge in [0.25, 0.3) is 0 Å². The van der Waals surface area contributed by atoms with Crippen molar-refractivity contribution in [1.82, 2.24) is 15.0 Å². The summed E-state index contributed by atoms with van der Waals surface area (Å²) in [5, 5.41) is 0. The maximum atomic E-state index is 11.9. The van der Waals surface area contributed by atoms with Crippen molar-refractivity contribution >= 4 is 5.97 Å². The van der Waals surface area contributed by atoms with Crippen molar-refractivity contribution in [2.75, 3.05) is 6.61 Å². The van der Waals surface area contributed by atoms with E-state index in [1.807, 2.05) is 25.1 Å². The number of pyridine rings is 1. The molecule has 2 aromatic rings. The molecule has 0 atom stereocenters. The first-order valence-corrected chi connectivity index (χ1v) is 6.70.